The van der Waals surface area contributed by atoms with E-state index in [-0.39, 0.29) is 49.5 Å². The van der Waals surface area contributed by atoms with Crippen LogP contribution in [-0.4, -0.2) is 52.0 Å². The second kappa shape index (κ2) is 8.99. The lowest BCUT2D eigenvalue weighted by Gasteiger charge is -2.32. The predicted octanol–water partition coefficient (Wildman–Crippen LogP) is 3.01. The number of nitrogens with two attached hydrogens (primary N) is 1. The van der Waals surface area contributed by atoms with Crippen molar-refractivity contribution < 1.29 is 18.3 Å². The van der Waals surface area contributed by atoms with Gasteiger partial charge in [-0.1, -0.05) is 0 Å². The topological polar surface area (TPSA) is 106 Å². The van der Waals surface area contributed by atoms with Crippen LogP contribution in [0.4, 0.5) is 20.5 Å². The largest absolute Gasteiger partial charge is 0.474 e. The zero-order valence-corrected chi connectivity index (χ0v) is 17.1. The van der Waals surface area contributed by atoms with Crippen molar-refractivity contribution in [2.24, 2.45) is 5.73 Å². The number of nitrogens with zero attached hydrogens (tertiary/aromatic N) is 4. The van der Waals surface area contributed by atoms with Crippen molar-refractivity contribution in [2.75, 3.05) is 23.3 Å². The fourth-order valence-electron chi connectivity index (χ4n) is 3.98. The number of halogens is 2. The highest BCUT2D eigenvalue weighted by Crippen LogP contribution is 2.30. The third kappa shape index (κ3) is 5.36. The summed E-state index contributed by atoms with van der Waals surface area (Å²) in [5.41, 5.74) is 5.67. The van der Waals surface area contributed by atoms with Crippen LogP contribution in [0.15, 0.2) is 30.6 Å². The highest BCUT2D eigenvalue weighted by atomic mass is 19.3. The van der Waals surface area contributed by atoms with Crippen LogP contribution in [0.3, 0.4) is 0 Å². The SMILES string of the molecule is NC(=O)c1cccnc1O[C@H]1CC[C@H](Nc2ccnc(N3CCC(F)(F)CC3)n2)CC1. The summed E-state index contributed by atoms with van der Waals surface area (Å²) < 4.78 is 32.7. The van der Waals surface area contributed by atoms with Crippen molar-refractivity contribution in [2.45, 2.75) is 56.6 Å². The summed E-state index contributed by atoms with van der Waals surface area (Å²) in [6.45, 7) is 0.499. The Morgan fingerprint density at radius 2 is 1.87 bits per heavy atom. The molecule has 1 aliphatic heterocycles. The number of carbonyl (C=O) groups excluding carboxylic acids is 1. The Hall–Kier alpha value is -3.04. The van der Waals surface area contributed by atoms with Gasteiger partial charge in [-0.15, -0.1) is 0 Å². The molecule has 4 rings (SSSR count). The number of hydrogen-bond donors (Lipinski definition) is 2. The third-order valence-electron chi connectivity index (χ3n) is 5.76. The van der Waals surface area contributed by atoms with Crippen molar-refractivity contribution in [1.82, 2.24) is 15.0 Å². The molecule has 166 valence electrons. The minimum atomic E-state index is -2.60. The molecule has 31 heavy (non-hydrogen) atoms. The summed E-state index contributed by atoms with van der Waals surface area (Å²) in [6.07, 6.45) is 6.15. The maximum atomic E-state index is 13.4. The van der Waals surface area contributed by atoms with E-state index in [9.17, 15) is 13.6 Å². The van der Waals surface area contributed by atoms with Gasteiger partial charge in [-0.2, -0.15) is 4.98 Å². The molecule has 2 fully saturated rings. The van der Waals surface area contributed by atoms with Gasteiger partial charge < -0.3 is 20.7 Å². The number of primary amides is 1. The summed E-state index contributed by atoms with van der Waals surface area (Å²) in [4.78, 5) is 26.2. The molecule has 0 bridgehead atoms. The van der Waals surface area contributed by atoms with E-state index in [1.165, 1.54) is 0 Å². The molecule has 3 N–H and O–H groups in total. The molecule has 2 aromatic rings. The summed E-state index contributed by atoms with van der Waals surface area (Å²) in [5.74, 6) is -1.71. The molecule has 1 saturated carbocycles. The van der Waals surface area contributed by atoms with Gasteiger partial charge in [0, 0.05) is 44.4 Å². The van der Waals surface area contributed by atoms with Crippen molar-refractivity contribution >= 4 is 17.7 Å². The Kier molecular flexibility index (Phi) is 6.15. The van der Waals surface area contributed by atoms with Crippen molar-refractivity contribution in [3.05, 3.63) is 36.2 Å². The van der Waals surface area contributed by atoms with E-state index in [0.717, 1.165) is 25.7 Å². The fraction of sp³-hybridized carbons (Fsp3) is 0.524. The van der Waals surface area contributed by atoms with Crippen LogP contribution in [0.5, 0.6) is 5.88 Å². The Balaban J connectivity index is 1.30. The van der Waals surface area contributed by atoms with Crippen molar-refractivity contribution in [3.8, 4) is 5.88 Å². The number of alkyl halides is 2. The van der Waals surface area contributed by atoms with E-state index in [2.05, 4.69) is 20.3 Å². The molecule has 0 atom stereocenters. The number of piperidine rings is 1. The number of anilines is 2. The van der Waals surface area contributed by atoms with Crippen LogP contribution in [0, 0.1) is 0 Å². The molecule has 10 heteroatoms. The fourth-order valence-corrected chi connectivity index (χ4v) is 3.98. The minimum Gasteiger partial charge on any atom is -0.474 e. The summed E-state index contributed by atoms with van der Waals surface area (Å²) in [5, 5.41) is 3.42. The first-order chi connectivity index (χ1) is 14.9. The normalized spacial score (nSPS) is 23.2. The predicted molar refractivity (Wildman–Crippen MR) is 111 cm³/mol. The number of carbonyl (C=O) groups is 1. The van der Waals surface area contributed by atoms with E-state index in [4.69, 9.17) is 10.5 Å². The highest BCUT2D eigenvalue weighted by molar-refractivity contribution is 5.94. The van der Waals surface area contributed by atoms with E-state index in [0.29, 0.717) is 11.8 Å². The standard InChI is InChI=1S/C21H26F2N6O2/c22-21(23)8-12-29(13-9-21)20-26-11-7-17(28-20)27-14-3-5-15(6-4-14)31-19-16(18(24)30)2-1-10-25-19/h1-2,7,10-11,14-15H,3-6,8-9,12-13H2,(H2,24,30)(H,26,27,28)/t14-,15-. The summed E-state index contributed by atoms with van der Waals surface area (Å²) in [6, 6.07) is 5.26. The van der Waals surface area contributed by atoms with Gasteiger partial charge in [0.15, 0.2) is 0 Å². The number of aromatic nitrogens is 3. The Labute approximate surface area is 179 Å². The first-order valence-electron chi connectivity index (χ1n) is 10.5. The van der Waals surface area contributed by atoms with Crippen molar-refractivity contribution in [1.29, 1.82) is 0 Å². The molecule has 2 aliphatic rings. The number of pyridine rings is 1. The van der Waals surface area contributed by atoms with Crippen LogP contribution in [-0.2, 0) is 0 Å². The quantitative estimate of drug-likeness (QED) is 0.723. The molecule has 2 aromatic heterocycles. The minimum absolute atomic E-state index is 0.0398. The Morgan fingerprint density at radius 1 is 1.13 bits per heavy atom. The molecule has 0 aromatic carbocycles. The second-order valence-corrected chi connectivity index (χ2v) is 8.04. The number of rotatable bonds is 6. The molecule has 0 radical (unpaired) electrons. The van der Waals surface area contributed by atoms with Crippen LogP contribution >= 0.6 is 0 Å². The molecule has 0 unspecified atom stereocenters. The molecule has 1 saturated heterocycles. The lowest BCUT2D eigenvalue weighted by molar-refractivity contribution is -0.0222. The summed E-state index contributed by atoms with van der Waals surface area (Å²) in [7, 11) is 0. The van der Waals surface area contributed by atoms with Gasteiger partial charge >= 0.3 is 0 Å². The van der Waals surface area contributed by atoms with Crippen LogP contribution in [0.2, 0.25) is 0 Å². The van der Waals surface area contributed by atoms with Gasteiger partial charge in [-0.3, -0.25) is 4.79 Å². The first kappa shape index (κ1) is 21.2. The van der Waals surface area contributed by atoms with Crippen LogP contribution in [0.1, 0.15) is 48.9 Å². The van der Waals surface area contributed by atoms with Gasteiger partial charge in [0.2, 0.25) is 11.8 Å². The van der Waals surface area contributed by atoms with E-state index >= 15 is 0 Å². The van der Waals surface area contributed by atoms with E-state index < -0.39 is 11.8 Å². The maximum absolute atomic E-state index is 13.4. The Bertz CT molecular complexity index is 910. The lowest BCUT2D eigenvalue weighted by Crippen LogP contribution is -2.40. The van der Waals surface area contributed by atoms with Gasteiger partial charge in [0.05, 0.1) is 0 Å². The second-order valence-electron chi connectivity index (χ2n) is 8.04. The first-order valence-corrected chi connectivity index (χ1v) is 10.5. The average molecular weight is 432 g/mol. The van der Waals surface area contributed by atoms with Gasteiger partial charge in [-0.05, 0) is 43.9 Å². The zero-order valence-electron chi connectivity index (χ0n) is 17.1. The number of ether oxygens (including phenoxy) is 1. The molecule has 1 aliphatic carbocycles. The molecule has 0 spiro atoms. The van der Waals surface area contributed by atoms with E-state index in [1.54, 1.807) is 35.5 Å². The van der Waals surface area contributed by atoms with Gasteiger partial charge in [0.25, 0.3) is 11.8 Å². The lowest BCUT2D eigenvalue weighted by atomic mass is 9.93. The van der Waals surface area contributed by atoms with Crippen molar-refractivity contribution in [3.63, 3.8) is 0 Å². The van der Waals surface area contributed by atoms with Crippen LogP contribution in [0.25, 0.3) is 0 Å². The zero-order chi connectivity index (χ0) is 21.8. The van der Waals surface area contributed by atoms with Crippen LogP contribution < -0.4 is 20.7 Å². The third-order valence-corrected chi connectivity index (χ3v) is 5.76. The molecule has 8 nitrogen and oxygen atoms in total. The summed E-state index contributed by atoms with van der Waals surface area (Å²) >= 11 is 0. The monoisotopic (exact) mass is 432 g/mol. The number of nitrogens with one attached hydrogen (secondary N) is 1. The molecular weight excluding hydrogens is 406 g/mol. The molecular formula is C21H26F2N6O2. The van der Waals surface area contributed by atoms with Gasteiger partial charge in [0.1, 0.15) is 17.5 Å². The number of amides is 1. The van der Waals surface area contributed by atoms with E-state index in [1.807, 2.05) is 0 Å². The van der Waals surface area contributed by atoms with Gasteiger partial charge in [-0.25, -0.2) is 18.7 Å². The molecule has 1 amide bonds. The number of hydrogen-bond acceptors (Lipinski definition) is 7. The smallest absolute Gasteiger partial charge is 0.254 e. The Morgan fingerprint density at radius 3 is 2.58 bits per heavy atom. The average Bonchev–Trinajstić information content (AvgIpc) is 2.75. The molecule has 3 heterocycles. The maximum Gasteiger partial charge on any atom is 0.254 e. The highest BCUT2D eigenvalue weighted by Gasteiger charge is 2.35.